The molecule has 2 aromatic rings. The first-order valence-corrected chi connectivity index (χ1v) is 7.56. The van der Waals surface area contributed by atoms with Gasteiger partial charge in [0.15, 0.2) is 0 Å². The van der Waals surface area contributed by atoms with Crippen LogP contribution in [0.15, 0.2) is 30.3 Å². The maximum Gasteiger partial charge on any atom is 0.270 e. The number of aromatic amines is 1. The first-order chi connectivity index (χ1) is 9.69. The van der Waals surface area contributed by atoms with Crippen molar-refractivity contribution < 1.29 is 4.79 Å². The van der Waals surface area contributed by atoms with Gasteiger partial charge in [0.25, 0.3) is 5.91 Å². The number of fused-ring (bicyclic) bond motifs is 1. The highest BCUT2D eigenvalue weighted by molar-refractivity contribution is 5.98. The van der Waals surface area contributed by atoms with Crippen LogP contribution in [0.5, 0.6) is 0 Å². The van der Waals surface area contributed by atoms with E-state index >= 15 is 0 Å². The van der Waals surface area contributed by atoms with Crippen LogP contribution in [0.25, 0.3) is 10.9 Å². The average molecular weight is 272 g/mol. The molecule has 1 aromatic carbocycles. The summed E-state index contributed by atoms with van der Waals surface area (Å²) in [5.41, 5.74) is 1.72. The first-order valence-electron chi connectivity index (χ1n) is 7.56. The molecule has 20 heavy (non-hydrogen) atoms. The third-order valence-electron chi connectivity index (χ3n) is 4.06. The van der Waals surface area contributed by atoms with Gasteiger partial charge in [-0.25, -0.2) is 0 Å². The van der Waals surface area contributed by atoms with Crippen molar-refractivity contribution in [3.63, 3.8) is 0 Å². The third-order valence-corrected chi connectivity index (χ3v) is 4.06. The lowest BCUT2D eigenvalue weighted by molar-refractivity contribution is 0.0730. The number of nitrogens with zero attached hydrogens (tertiary/aromatic N) is 1. The second-order valence-corrected chi connectivity index (χ2v) is 5.30. The molecule has 0 radical (unpaired) electrons. The minimum Gasteiger partial charge on any atom is -0.351 e. The lowest BCUT2D eigenvalue weighted by Crippen LogP contribution is -2.35. The molecule has 1 aromatic heterocycles. The molecule has 0 atom stereocenters. The van der Waals surface area contributed by atoms with Gasteiger partial charge in [-0.1, -0.05) is 44.9 Å². The van der Waals surface area contributed by atoms with Crippen molar-refractivity contribution in [2.24, 2.45) is 5.92 Å². The van der Waals surface area contributed by atoms with Crippen LogP contribution in [0, 0.1) is 5.92 Å². The molecule has 0 aliphatic heterocycles. The van der Waals surface area contributed by atoms with Crippen LogP contribution >= 0.6 is 0 Å². The summed E-state index contributed by atoms with van der Waals surface area (Å²) in [6.07, 6.45) is 2.24. The van der Waals surface area contributed by atoms with E-state index in [0.717, 1.165) is 36.8 Å². The molecule has 0 spiro atoms. The van der Waals surface area contributed by atoms with E-state index in [1.54, 1.807) is 0 Å². The van der Waals surface area contributed by atoms with Crippen molar-refractivity contribution in [3.05, 3.63) is 36.0 Å². The molecule has 0 bridgehead atoms. The van der Waals surface area contributed by atoms with Crippen LogP contribution < -0.4 is 0 Å². The Bertz CT molecular complexity index is 536. The van der Waals surface area contributed by atoms with Crippen LogP contribution in [-0.4, -0.2) is 28.9 Å². The summed E-state index contributed by atoms with van der Waals surface area (Å²) in [6, 6.07) is 9.96. The van der Waals surface area contributed by atoms with Crippen molar-refractivity contribution in [1.82, 2.24) is 9.88 Å². The fraction of sp³-hybridized carbons (Fsp3) is 0.471. The summed E-state index contributed by atoms with van der Waals surface area (Å²) in [5, 5.41) is 1.09. The number of hydrogen-bond acceptors (Lipinski definition) is 1. The number of amides is 1. The number of benzene rings is 1. The Morgan fingerprint density at radius 1 is 1.20 bits per heavy atom. The van der Waals surface area contributed by atoms with Gasteiger partial charge >= 0.3 is 0 Å². The van der Waals surface area contributed by atoms with Crippen LogP contribution in [0.4, 0.5) is 0 Å². The second-order valence-electron chi connectivity index (χ2n) is 5.30. The Balaban J connectivity index is 2.19. The quantitative estimate of drug-likeness (QED) is 0.845. The summed E-state index contributed by atoms with van der Waals surface area (Å²) in [5.74, 6) is 0.693. The highest BCUT2D eigenvalue weighted by atomic mass is 16.2. The smallest absolute Gasteiger partial charge is 0.270 e. The fourth-order valence-electron chi connectivity index (χ4n) is 2.57. The van der Waals surface area contributed by atoms with Gasteiger partial charge in [-0.2, -0.15) is 0 Å². The molecule has 0 saturated heterocycles. The summed E-state index contributed by atoms with van der Waals surface area (Å²) >= 11 is 0. The number of aromatic nitrogens is 1. The summed E-state index contributed by atoms with van der Waals surface area (Å²) < 4.78 is 0. The van der Waals surface area contributed by atoms with Gasteiger partial charge in [0.2, 0.25) is 0 Å². The van der Waals surface area contributed by atoms with Crippen LogP contribution in [0.2, 0.25) is 0 Å². The molecular formula is C17H24N2O. The third kappa shape index (κ3) is 3.03. The number of hydrogen-bond donors (Lipinski definition) is 1. The Labute approximate surface area is 121 Å². The first kappa shape index (κ1) is 14.6. The zero-order valence-electron chi connectivity index (χ0n) is 12.6. The van der Waals surface area contributed by atoms with E-state index in [1.165, 1.54) is 0 Å². The van der Waals surface area contributed by atoms with Gasteiger partial charge in [0.1, 0.15) is 5.69 Å². The van der Waals surface area contributed by atoms with E-state index < -0.39 is 0 Å². The zero-order valence-corrected chi connectivity index (χ0v) is 12.6. The standard InChI is InChI=1S/C17H24N2O/c1-4-13(5-2)12-19(6-3)17(20)16-11-14-9-7-8-10-15(14)18-16/h7-11,13,18H,4-6,12H2,1-3H3. The maximum atomic E-state index is 12.6. The van der Waals surface area contributed by atoms with E-state index in [1.807, 2.05) is 42.2 Å². The summed E-state index contributed by atoms with van der Waals surface area (Å²) in [6.45, 7) is 8.02. The molecule has 0 unspecified atom stereocenters. The Hall–Kier alpha value is -1.77. The van der Waals surface area contributed by atoms with E-state index in [2.05, 4.69) is 18.8 Å². The monoisotopic (exact) mass is 272 g/mol. The molecule has 108 valence electrons. The number of carbonyl (C=O) groups excluding carboxylic acids is 1. The summed E-state index contributed by atoms with van der Waals surface area (Å²) in [4.78, 5) is 17.8. The molecule has 0 aliphatic carbocycles. The number of rotatable bonds is 6. The van der Waals surface area contributed by atoms with Gasteiger partial charge in [-0.3, -0.25) is 4.79 Å². The van der Waals surface area contributed by atoms with Gasteiger partial charge in [-0.15, -0.1) is 0 Å². The Morgan fingerprint density at radius 2 is 1.90 bits per heavy atom. The predicted molar refractivity (Wildman–Crippen MR) is 83.9 cm³/mol. The van der Waals surface area contributed by atoms with Crippen LogP contribution in [0.3, 0.4) is 0 Å². The molecule has 3 nitrogen and oxygen atoms in total. The second kappa shape index (κ2) is 6.60. The number of para-hydroxylation sites is 1. The normalized spacial score (nSPS) is 11.2. The van der Waals surface area contributed by atoms with E-state index in [0.29, 0.717) is 11.6 Å². The number of nitrogens with one attached hydrogen (secondary N) is 1. The molecule has 1 N–H and O–H groups in total. The van der Waals surface area contributed by atoms with Gasteiger partial charge in [0, 0.05) is 24.0 Å². The van der Waals surface area contributed by atoms with Gasteiger partial charge < -0.3 is 9.88 Å². The molecule has 2 rings (SSSR count). The average Bonchev–Trinajstić information content (AvgIpc) is 2.92. The zero-order chi connectivity index (χ0) is 14.5. The maximum absolute atomic E-state index is 12.6. The Kier molecular flexibility index (Phi) is 4.83. The number of H-pyrrole nitrogens is 1. The molecule has 1 heterocycles. The van der Waals surface area contributed by atoms with Crippen LogP contribution in [0.1, 0.15) is 44.1 Å². The molecular weight excluding hydrogens is 248 g/mol. The lowest BCUT2D eigenvalue weighted by Gasteiger charge is -2.25. The highest BCUT2D eigenvalue weighted by Crippen LogP contribution is 2.17. The Morgan fingerprint density at radius 3 is 2.50 bits per heavy atom. The van der Waals surface area contributed by atoms with Crippen LogP contribution in [-0.2, 0) is 0 Å². The molecule has 1 amide bonds. The largest absolute Gasteiger partial charge is 0.351 e. The van der Waals surface area contributed by atoms with E-state index in [9.17, 15) is 4.79 Å². The van der Waals surface area contributed by atoms with Crippen molar-refractivity contribution in [2.75, 3.05) is 13.1 Å². The van der Waals surface area contributed by atoms with Gasteiger partial charge in [-0.05, 0) is 25.0 Å². The predicted octanol–water partition coefficient (Wildman–Crippen LogP) is 4.07. The van der Waals surface area contributed by atoms with E-state index in [4.69, 9.17) is 0 Å². The van der Waals surface area contributed by atoms with Crippen molar-refractivity contribution in [3.8, 4) is 0 Å². The molecule has 3 heteroatoms. The van der Waals surface area contributed by atoms with Crippen molar-refractivity contribution in [1.29, 1.82) is 0 Å². The minimum atomic E-state index is 0.107. The van der Waals surface area contributed by atoms with Crippen molar-refractivity contribution >= 4 is 16.8 Å². The molecule has 0 fully saturated rings. The minimum absolute atomic E-state index is 0.107. The summed E-state index contributed by atoms with van der Waals surface area (Å²) in [7, 11) is 0. The molecule has 0 saturated carbocycles. The van der Waals surface area contributed by atoms with Gasteiger partial charge in [0.05, 0.1) is 0 Å². The fourth-order valence-corrected chi connectivity index (χ4v) is 2.57. The highest BCUT2D eigenvalue weighted by Gasteiger charge is 2.18. The van der Waals surface area contributed by atoms with E-state index in [-0.39, 0.29) is 5.91 Å². The number of carbonyl (C=O) groups is 1. The van der Waals surface area contributed by atoms with Crippen molar-refractivity contribution in [2.45, 2.75) is 33.6 Å². The SMILES string of the molecule is CCC(CC)CN(CC)C(=O)c1cc2ccccc2[nH]1. The topological polar surface area (TPSA) is 36.1 Å². The molecule has 0 aliphatic rings. The lowest BCUT2D eigenvalue weighted by atomic mass is 10.0.